The van der Waals surface area contributed by atoms with Gasteiger partial charge in [-0.05, 0) is 31.2 Å². The number of fused-ring (bicyclic) bond motifs is 1. The minimum atomic E-state index is -0.448. The molecular formula is C22H23NO7. The first-order valence-corrected chi connectivity index (χ1v) is 9.22. The maximum atomic E-state index is 12.9. The summed E-state index contributed by atoms with van der Waals surface area (Å²) in [6, 6.07) is 9.98. The Morgan fingerprint density at radius 1 is 1.00 bits per heavy atom. The van der Waals surface area contributed by atoms with Crippen LogP contribution in [0.3, 0.4) is 0 Å². The summed E-state index contributed by atoms with van der Waals surface area (Å²) in [5.74, 6) is 1.32. The Hall–Kier alpha value is -3.68. The van der Waals surface area contributed by atoms with Crippen LogP contribution in [0.25, 0.3) is 22.3 Å². The Morgan fingerprint density at radius 2 is 1.67 bits per heavy atom. The molecule has 0 aliphatic carbocycles. The van der Waals surface area contributed by atoms with E-state index in [4.69, 9.17) is 23.4 Å². The third-order valence-corrected chi connectivity index (χ3v) is 4.60. The quantitative estimate of drug-likeness (QED) is 0.602. The molecule has 1 aromatic heterocycles. The van der Waals surface area contributed by atoms with Crippen LogP contribution < -0.4 is 24.5 Å². The Kier molecular flexibility index (Phi) is 6.15. The minimum absolute atomic E-state index is 0.249. The highest BCUT2D eigenvalue weighted by Gasteiger charge is 2.21. The summed E-state index contributed by atoms with van der Waals surface area (Å²) in [4.78, 5) is 26.1. The standard InChI is InChI=1S/C22H23NO7/c1-6-29-22(25)23(2)14-9-7-13(8-10-14)16-11-15(24)19-17(30-16)12-18(26-3)20(27-4)21(19)28-5/h7-12H,6H2,1-5H3. The maximum Gasteiger partial charge on any atom is 0.413 e. The third kappa shape index (κ3) is 3.76. The SMILES string of the molecule is CCOC(=O)N(C)c1ccc(-c2cc(=O)c3c(OC)c(OC)c(OC)cc3o2)cc1. The van der Waals surface area contributed by atoms with E-state index >= 15 is 0 Å². The van der Waals surface area contributed by atoms with Crippen LogP contribution in [-0.2, 0) is 4.74 Å². The number of hydrogen-bond acceptors (Lipinski definition) is 7. The monoisotopic (exact) mass is 413 g/mol. The highest BCUT2D eigenvalue weighted by atomic mass is 16.6. The summed E-state index contributed by atoms with van der Waals surface area (Å²) in [6.07, 6.45) is -0.448. The van der Waals surface area contributed by atoms with Gasteiger partial charge in [-0.1, -0.05) is 0 Å². The lowest BCUT2D eigenvalue weighted by Crippen LogP contribution is -2.26. The average Bonchev–Trinajstić information content (AvgIpc) is 2.77. The van der Waals surface area contributed by atoms with Crippen LogP contribution in [0.2, 0.25) is 0 Å². The van der Waals surface area contributed by atoms with Crippen LogP contribution >= 0.6 is 0 Å². The van der Waals surface area contributed by atoms with Gasteiger partial charge in [0.15, 0.2) is 16.9 Å². The molecule has 158 valence electrons. The van der Waals surface area contributed by atoms with E-state index in [0.717, 1.165) is 0 Å². The Morgan fingerprint density at radius 3 is 2.23 bits per heavy atom. The second-order valence-electron chi connectivity index (χ2n) is 6.30. The lowest BCUT2D eigenvalue weighted by atomic mass is 10.1. The number of benzene rings is 2. The molecule has 0 aliphatic heterocycles. The maximum absolute atomic E-state index is 12.9. The Bertz CT molecular complexity index is 1120. The van der Waals surface area contributed by atoms with Crippen molar-refractivity contribution in [3.63, 3.8) is 0 Å². The van der Waals surface area contributed by atoms with Crippen molar-refractivity contribution in [2.24, 2.45) is 0 Å². The van der Waals surface area contributed by atoms with E-state index in [2.05, 4.69) is 0 Å². The van der Waals surface area contributed by atoms with Gasteiger partial charge in [0.2, 0.25) is 5.75 Å². The molecule has 2 aromatic carbocycles. The van der Waals surface area contributed by atoms with E-state index in [1.165, 1.54) is 32.3 Å². The summed E-state index contributed by atoms with van der Waals surface area (Å²) in [7, 11) is 6.03. The van der Waals surface area contributed by atoms with Crippen LogP contribution in [0.1, 0.15) is 6.92 Å². The molecule has 8 heteroatoms. The molecule has 0 atom stereocenters. The van der Waals surface area contributed by atoms with E-state index < -0.39 is 6.09 Å². The van der Waals surface area contributed by atoms with Gasteiger partial charge >= 0.3 is 6.09 Å². The van der Waals surface area contributed by atoms with Crippen LogP contribution in [0.15, 0.2) is 45.6 Å². The molecule has 1 heterocycles. The fourth-order valence-corrected chi connectivity index (χ4v) is 3.10. The first-order valence-electron chi connectivity index (χ1n) is 9.22. The molecule has 3 aromatic rings. The van der Waals surface area contributed by atoms with Crippen molar-refractivity contribution in [1.82, 2.24) is 0 Å². The summed E-state index contributed by atoms with van der Waals surface area (Å²) in [5, 5.41) is 0.262. The Labute approximate surface area is 173 Å². The van der Waals surface area contributed by atoms with Gasteiger partial charge in [0.25, 0.3) is 0 Å². The molecule has 0 radical (unpaired) electrons. The number of rotatable bonds is 6. The molecule has 0 aliphatic rings. The lowest BCUT2D eigenvalue weighted by molar-refractivity contribution is 0.161. The molecule has 0 N–H and O–H groups in total. The molecule has 3 rings (SSSR count). The molecule has 30 heavy (non-hydrogen) atoms. The number of nitrogens with zero attached hydrogens (tertiary/aromatic N) is 1. The van der Waals surface area contributed by atoms with Crippen molar-refractivity contribution < 1.29 is 28.2 Å². The van der Waals surface area contributed by atoms with E-state index in [9.17, 15) is 9.59 Å². The number of hydrogen-bond donors (Lipinski definition) is 0. The summed E-state index contributed by atoms with van der Waals surface area (Å²) in [6.45, 7) is 2.04. The normalized spacial score (nSPS) is 10.6. The van der Waals surface area contributed by atoms with Crippen molar-refractivity contribution >= 4 is 22.7 Å². The first kappa shape index (κ1) is 21.0. The molecule has 0 bridgehead atoms. The summed E-state index contributed by atoms with van der Waals surface area (Å²) in [5.41, 5.74) is 1.34. The number of amides is 1. The third-order valence-electron chi connectivity index (χ3n) is 4.60. The van der Waals surface area contributed by atoms with Crippen molar-refractivity contribution in [3.8, 4) is 28.6 Å². The fourth-order valence-electron chi connectivity index (χ4n) is 3.10. The topological polar surface area (TPSA) is 87.4 Å². The van der Waals surface area contributed by atoms with Gasteiger partial charge < -0.3 is 23.4 Å². The number of carbonyl (C=O) groups excluding carboxylic acids is 1. The van der Waals surface area contributed by atoms with E-state index in [1.807, 2.05) is 0 Å². The number of carbonyl (C=O) groups is 1. The number of methoxy groups -OCH3 is 3. The summed E-state index contributed by atoms with van der Waals surface area (Å²) < 4.78 is 27.0. The summed E-state index contributed by atoms with van der Waals surface area (Å²) >= 11 is 0. The molecular weight excluding hydrogens is 390 g/mol. The zero-order chi connectivity index (χ0) is 21.8. The predicted octanol–water partition coefficient (Wildman–Crippen LogP) is 4.08. The van der Waals surface area contributed by atoms with Gasteiger partial charge in [0.1, 0.15) is 16.7 Å². The Balaban J connectivity index is 2.07. The van der Waals surface area contributed by atoms with Gasteiger partial charge in [-0.3, -0.25) is 9.69 Å². The van der Waals surface area contributed by atoms with Gasteiger partial charge in [-0.25, -0.2) is 4.79 Å². The van der Waals surface area contributed by atoms with Crippen LogP contribution in [0.5, 0.6) is 17.2 Å². The number of ether oxygens (including phenoxy) is 4. The van der Waals surface area contributed by atoms with Gasteiger partial charge in [0.05, 0.1) is 27.9 Å². The second kappa shape index (κ2) is 8.77. The van der Waals surface area contributed by atoms with Gasteiger partial charge in [-0.2, -0.15) is 0 Å². The highest BCUT2D eigenvalue weighted by molar-refractivity contribution is 5.90. The molecule has 0 saturated carbocycles. The van der Waals surface area contributed by atoms with E-state index in [1.54, 1.807) is 44.3 Å². The molecule has 0 spiro atoms. The van der Waals surface area contributed by atoms with Crippen LogP contribution in [0, 0.1) is 0 Å². The fraction of sp³-hybridized carbons (Fsp3) is 0.273. The molecule has 0 fully saturated rings. The average molecular weight is 413 g/mol. The minimum Gasteiger partial charge on any atom is -0.493 e. The zero-order valence-corrected chi connectivity index (χ0v) is 17.5. The molecule has 0 unspecified atom stereocenters. The molecule has 1 amide bonds. The largest absolute Gasteiger partial charge is 0.493 e. The van der Waals surface area contributed by atoms with Gasteiger partial charge in [0, 0.05) is 30.4 Å². The van der Waals surface area contributed by atoms with Crippen molar-refractivity contribution in [2.45, 2.75) is 6.92 Å². The van der Waals surface area contributed by atoms with Crippen molar-refractivity contribution in [2.75, 3.05) is 39.9 Å². The first-order chi connectivity index (χ1) is 14.4. The smallest absolute Gasteiger partial charge is 0.413 e. The van der Waals surface area contributed by atoms with E-state index in [-0.39, 0.29) is 16.6 Å². The lowest BCUT2D eigenvalue weighted by Gasteiger charge is -2.17. The van der Waals surface area contributed by atoms with Crippen LogP contribution in [0.4, 0.5) is 10.5 Å². The van der Waals surface area contributed by atoms with Gasteiger partial charge in [-0.15, -0.1) is 0 Å². The van der Waals surface area contributed by atoms with E-state index in [0.29, 0.717) is 40.7 Å². The molecule has 0 saturated heterocycles. The van der Waals surface area contributed by atoms with Crippen molar-refractivity contribution in [3.05, 3.63) is 46.6 Å². The zero-order valence-electron chi connectivity index (χ0n) is 17.5. The number of anilines is 1. The molecule has 8 nitrogen and oxygen atoms in total. The predicted molar refractivity (Wildman–Crippen MR) is 113 cm³/mol. The van der Waals surface area contributed by atoms with Crippen LogP contribution in [-0.4, -0.2) is 41.1 Å². The highest BCUT2D eigenvalue weighted by Crippen LogP contribution is 2.42. The van der Waals surface area contributed by atoms with Crippen molar-refractivity contribution in [1.29, 1.82) is 0 Å². The second-order valence-corrected chi connectivity index (χ2v) is 6.30.